The Morgan fingerprint density at radius 1 is 1.33 bits per heavy atom. The summed E-state index contributed by atoms with van der Waals surface area (Å²) in [6.07, 6.45) is 1.02. The SMILES string of the molecule is CCCNC(C#N)c1ccc2nc(C)ccc2c1. The molecule has 0 aliphatic heterocycles. The van der Waals surface area contributed by atoms with Gasteiger partial charge < -0.3 is 0 Å². The first-order valence-electron chi connectivity index (χ1n) is 6.25. The zero-order chi connectivity index (χ0) is 13.0. The van der Waals surface area contributed by atoms with Crippen LogP contribution in [0, 0.1) is 18.3 Å². The number of nitrogens with zero attached hydrogens (tertiary/aromatic N) is 2. The summed E-state index contributed by atoms with van der Waals surface area (Å²) in [6, 6.07) is 12.1. The number of pyridine rings is 1. The lowest BCUT2D eigenvalue weighted by atomic mass is 10.0. The molecule has 2 rings (SSSR count). The van der Waals surface area contributed by atoms with Crippen LogP contribution in [-0.2, 0) is 0 Å². The Hall–Kier alpha value is -1.92. The molecule has 0 radical (unpaired) electrons. The molecule has 0 fully saturated rings. The van der Waals surface area contributed by atoms with Crippen molar-refractivity contribution in [3.63, 3.8) is 0 Å². The molecule has 1 atom stereocenters. The van der Waals surface area contributed by atoms with Crippen LogP contribution in [0.25, 0.3) is 10.9 Å². The lowest BCUT2D eigenvalue weighted by Gasteiger charge is -2.11. The Balaban J connectivity index is 2.34. The van der Waals surface area contributed by atoms with Crippen molar-refractivity contribution >= 4 is 10.9 Å². The average Bonchev–Trinajstić information content (AvgIpc) is 2.39. The molecule has 0 saturated carbocycles. The van der Waals surface area contributed by atoms with Crippen molar-refractivity contribution in [2.75, 3.05) is 6.54 Å². The highest BCUT2D eigenvalue weighted by Gasteiger charge is 2.09. The molecule has 2 aromatic rings. The minimum absolute atomic E-state index is 0.240. The maximum Gasteiger partial charge on any atom is 0.121 e. The number of benzene rings is 1. The van der Waals surface area contributed by atoms with Crippen LogP contribution in [0.4, 0.5) is 0 Å². The van der Waals surface area contributed by atoms with Gasteiger partial charge in [0.2, 0.25) is 0 Å². The summed E-state index contributed by atoms with van der Waals surface area (Å²) < 4.78 is 0. The van der Waals surface area contributed by atoms with Crippen LogP contribution < -0.4 is 5.32 Å². The number of hydrogen-bond acceptors (Lipinski definition) is 3. The summed E-state index contributed by atoms with van der Waals surface area (Å²) in [4.78, 5) is 4.46. The normalized spacial score (nSPS) is 12.3. The van der Waals surface area contributed by atoms with Crippen molar-refractivity contribution in [2.24, 2.45) is 0 Å². The highest BCUT2D eigenvalue weighted by Crippen LogP contribution is 2.19. The maximum atomic E-state index is 9.19. The predicted octanol–water partition coefficient (Wildman–Crippen LogP) is 3.11. The van der Waals surface area contributed by atoms with Gasteiger partial charge in [-0.25, -0.2) is 0 Å². The van der Waals surface area contributed by atoms with E-state index in [-0.39, 0.29) is 6.04 Å². The minimum Gasteiger partial charge on any atom is -0.298 e. The second-order valence-electron chi connectivity index (χ2n) is 4.42. The molecule has 1 unspecified atom stereocenters. The van der Waals surface area contributed by atoms with Crippen LogP contribution in [0.15, 0.2) is 30.3 Å². The molecule has 3 heteroatoms. The molecule has 0 spiro atoms. The molecule has 1 aromatic heterocycles. The van der Waals surface area contributed by atoms with Gasteiger partial charge in [0.05, 0.1) is 11.6 Å². The standard InChI is InChI=1S/C15H17N3/c1-3-8-17-15(10-16)13-6-7-14-12(9-13)5-4-11(2)18-14/h4-7,9,15,17H,3,8H2,1-2H3. The second kappa shape index (κ2) is 5.61. The Labute approximate surface area is 107 Å². The highest BCUT2D eigenvalue weighted by atomic mass is 14.9. The minimum atomic E-state index is -0.240. The number of rotatable bonds is 4. The summed E-state index contributed by atoms with van der Waals surface area (Å²) in [5.41, 5.74) is 2.99. The van der Waals surface area contributed by atoms with Crippen LogP contribution in [0.5, 0.6) is 0 Å². The van der Waals surface area contributed by atoms with E-state index >= 15 is 0 Å². The van der Waals surface area contributed by atoms with Gasteiger partial charge in [0.15, 0.2) is 0 Å². The molecule has 18 heavy (non-hydrogen) atoms. The Morgan fingerprint density at radius 2 is 2.17 bits per heavy atom. The van der Waals surface area contributed by atoms with E-state index in [0.717, 1.165) is 35.1 Å². The molecule has 92 valence electrons. The Morgan fingerprint density at radius 3 is 2.89 bits per heavy atom. The van der Waals surface area contributed by atoms with E-state index in [1.807, 2.05) is 31.2 Å². The summed E-state index contributed by atoms with van der Waals surface area (Å²) in [5.74, 6) is 0. The van der Waals surface area contributed by atoms with Crippen molar-refractivity contribution in [1.29, 1.82) is 5.26 Å². The smallest absolute Gasteiger partial charge is 0.121 e. The van der Waals surface area contributed by atoms with Gasteiger partial charge in [-0.3, -0.25) is 10.3 Å². The van der Waals surface area contributed by atoms with E-state index in [1.165, 1.54) is 0 Å². The lowest BCUT2D eigenvalue weighted by molar-refractivity contribution is 0.621. The van der Waals surface area contributed by atoms with E-state index in [4.69, 9.17) is 0 Å². The first-order chi connectivity index (χ1) is 8.74. The molecule has 3 nitrogen and oxygen atoms in total. The van der Waals surface area contributed by atoms with Gasteiger partial charge in [0, 0.05) is 11.1 Å². The molecule has 1 aromatic carbocycles. The van der Waals surface area contributed by atoms with Crippen molar-refractivity contribution in [2.45, 2.75) is 26.3 Å². The van der Waals surface area contributed by atoms with Crippen LogP contribution in [0.2, 0.25) is 0 Å². The van der Waals surface area contributed by atoms with Gasteiger partial charge in [-0.05, 0) is 43.7 Å². The molecule has 0 aliphatic rings. The summed E-state index contributed by atoms with van der Waals surface area (Å²) in [7, 11) is 0. The van der Waals surface area contributed by atoms with Gasteiger partial charge in [-0.2, -0.15) is 5.26 Å². The molecule has 1 N–H and O–H groups in total. The summed E-state index contributed by atoms with van der Waals surface area (Å²) in [5, 5.41) is 13.5. The van der Waals surface area contributed by atoms with Gasteiger partial charge in [0.1, 0.15) is 6.04 Å². The first kappa shape index (κ1) is 12.5. The Bertz CT molecular complexity index is 584. The largest absolute Gasteiger partial charge is 0.298 e. The number of nitriles is 1. The van der Waals surface area contributed by atoms with E-state index in [1.54, 1.807) is 0 Å². The van der Waals surface area contributed by atoms with Crippen LogP contribution in [-0.4, -0.2) is 11.5 Å². The van der Waals surface area contributed by atoms with Crippen molar-refractivity contribution in [3.05, 3.63) is 41.6 Å². The quantitative estimate of drug-likeness (QED) is 0.891. The topological polar surface area (TPSA) is 48.7 Å². The van der Waals surface area contributed by atoms with Gasteiger partial charge in [-0.1, -0.05) is 19.1 Å². The number of aryl methyl sites for hydroxylation is 1. The first-order valence-corrected chi connectivity index (χ1v) is 6.25. The fourth-order valence-electron chi connectivity index (χ4n) is 1.95. The molecule has 0 aliphatic carbocycles. The highest BCUT2D eigenvalue weighted by molar-refractivity contribution is 5.79. The summed E-state index contributed by atoms with van der Waals surface area (Å²) in [6.45, 7) is 4.92. The van der Waals surface area contributed by atoms with E-state index in [0.29, 0.717) is 0 Å². The lowest BCUT2D eigenvalue weighted by Crippen LogP contribution is -2.20. The number of fused-ring (bicyclic) bond motifs is 1. The molecular weight excluding hydrogens is 222 g/mol. The predicted molar refractivity (Wildman–Crippen MR) is 73.1 cm³/mol. The molecule has 1 heterocycles. The average molecular weight is 239 g/mol. The third-order valence-electron chi connectivity index (χ3n) is 2.91. The number of aromatic nitrogens is 1. The molecule has 0 saturated heterocycles. The van der Waals surface area contributed by atoms with Gasteiger partial charge in [0.25, 0.3) is 0 Å². The second-order valence-corrected chi connectivity index (χ2v) is 4.42. The fraction of sp³-hybridized carbons (Fsp3) is 0.333. The maximum absolute atomic E-state index is 9.19. The zero-order valence-electron chi connectivity index (χ0n) is 10.8. The summed E-state index contributed by atoms with van der Waals surface area (Å²) >= 11 is 0. The third-order valence-corrected chi connectivity index (χ3v) is 2.91. The number of nitrogens with one attached hydrogen (secondary N) is 1. The van der Waals surface area contributed by atoms with E-state index < -0.39 is 0 Å². The van der Waals surface area contributed by atoms with Crippen LogP contribution >= 0.6 is 0 Å². The molecular formula is C15H17N3. The van der Waals surface area contributed by atoms with Crippen molar-refractivity contribution in [3.8, 4) is 6.07 Å². The van der Waals surface area contributed by atoms with Crippen molar-refractivity contribution < 1.29 is 0 Å². The van der Waals surface area contributed by atoms with Gasteiger partial charge >= 0.3 is 0 Å². The van der Waals surface area contributed by atoms with Gasteiger partial charge in [-0.15, -0.1) is 0 Å². The monoisotopic (exact) mass is 239 g/mol. The van der Waals surface area contributed by atoms with Crippen LogP contribution in [0.1, 0.15) is 30.6 Å². The van der Waals surface area contributed by atoms with E-state index in [9.17, 15) is 5.26 Å². The zero-order valence-corrected chi connectivity index (χ0v) is 10.8. The van der Waals surface area contributed by atoms with Crippen LogP contribution in [0.3, 0.4) is 0 Å². The Kier molecular flexibility index (Phi) is 3.91. The third kappa shape index (κ3) is 2.66. The number of hydrogen-bond donors (Lipinski definition) is 1. The van der Waals surface area contributed by atoms with Crippen molar-refractivity contribution in [1.82, 2.24) is 10.3 Å². The molecule has 0 amide bonds. The van der Waals surface area contributed by atoms with E-state index in [2.05, 4.69) is 29.4 Å². The fourth-order valence-corrected chi connectivity index (χ4v) is 1.95. The molecule has 0 bridgehead atoms.